The van der Waals surface area contributed by atoms with Crippen LogP contribution in [0.3, 0.4) is 0 Å². The Morgan fingerprint density at radius 3 is 2.62 bits per heavy atom. The smallest absolute Gasteiger partial charge is 0.399 e. The number of nitrogens with one attached hydrogen (secondary N) is 1. The molecule has 0 bridgehead atoms. The van der Waals surface area contributed by atoms with Gasteiger partial charge in [-0.05, 0) is 18.5 Å². The molecule has 0 spiro atoms. The van der Waals surface area contributed by atoms with Crippen molar-refractivity contribution in [1.82, 2.24) is 10.3 Å². The first-order chi connectivity index (χ1) is 9.95. The zero-order valence-electron chi connectivity index (χ0n) is 11.6. The molecule has 0 atom stereocenters. The topological polar surface area (TPSA) is 47.3 Å². The van der Waals surface area contributed by atoms with Crippen LogP contribution >= 0.6 is 34.8 Å². The maximum absolute atomic E-state index is 6.03. The first-order valence-electron chi connectivity index (χ1n) is 6.43. The van der Waals surface area contributed by atoms with Crippen molar-refractivity contribution >= 4 is 34.8 Å². The average molecular weight is 350 g/mol. The van der Waals surface area contributed by atoms with Gasteiger partial charge in [-0.2, -0.15) is 4.98 Å². The monoisotopic (exact) mass is 348 g/mol. The molecule has 0 saturated carbocycles. The minimum Gasteiger partial charge on any atom is -0.417 e. The molecule has 1 N–H and O–H groups in total. The summed E-state index contributed by atoms with van der Waals surface area (Å²) in [4.78, 5) is 4.21. The fraction of sp³-hybridized carbons (Fsp3) is 0.357. The Bertz CT molecular complexity index is 614. The fourth-order valence-electron chi connectivity index (χ4n) is 1.58. The van der Waals surface area contributed by atoms with E-state index in [-0.39, 0.29) is 6.08 Å². The first kappa shape index (κ1) is 16.4. The number of hydrogen-bond donors (Lipinski definition) is 1. The van der Waals surface area contributed by atoms with E-state index in [0.717, 1.165) is 12.2 Å². The molecule has 2 rings (SSSR count). The lowest BCUT2D eigenvalue weighted by Crippen LogP contribution is -2.19. The third kappa shape index (κ3) is 4.78. The van der Waals surface area contributed by atoms with E-state index in [2.05, 4.69) is 24.1 Å². The summed E-state index contributed by atoms with van der Waals surface area (Å²) in [6.45, 7) is 5.79. The van der Waals surface area contributed by atoms with Crippen molar-refractivity contribution in [3.8, 4) is 11.8 Å². The van der Waals surface area contributed by atoms with Crippen LogP contribution in [0.1, 0.15) is 19.5 Å². The van der Waals surface area contributed by atoms with Crippen LogP contribution in [-0.4, -0.2) is 11.5 Å². The van der Waals surface area contributed by atoms with Crippen molar-refractivity contribution in [1.29, 1.82) is 0 Å². The molecule has 0 aliphatic rings. The van der Waals surface area contributed by atoms with Gasteiger partial charge < -0.3 is 14.5 Å². The predicted octanol–water partition coefficient (Wildman–Crippen LogP) is 5.17. The van der Waals surface area contributed by atoms with E-state index in [9.17, 15) is 0 Å². The van der Waals surface area contributed by atoms with E-state index >= 15 is 0 Å². The highest BCUT2D eigenvalue weighted by atomic mass is 35.5. The Kier molecular flexibility index (Phi) is 5.76. The minimum atomic E-state index is 0.108. The molecule has 1 aromatic carbocycles. The Hall–Kier alpha value is -0.940. The number of rotatable bonds is 6. The van der Waals surface area contributed by atoms with Gasteiger partial charge in [-0.3, -0.25) is 0 Å². The molecule has 0 aliphatic heterocycles. The van der Waals surface area contributed by atoms with Gasteiger partial charge in [0.2, 0.25) is 0 Å². The number of halogens is 3. The maximum Gasteiger partial charge on any atom is 0.399 e. The van der Waals surface area contributed by atoms with E-state index in [4.69, 9.17) is 44.0 Å². The van der Waals surface area contributed by atoms with Crippen LogP contribution in [0.25, 0.3) is 0 Å². The van der Waals surface area contributed by atoms with Gasteiger partial charge >= 0.3 is 6.08 Å². The van der Waals surface area contributed by atoms with Crippen molar-refractivity contribution < 1.29 is 9.15 Å². The highest BCUT2D eigenvalue weighted by Gasteiger charge is 2.12. The van der Waals surface area contributed by atoms with Gasteiger partial charge in [-0.25, -0.2) is 0 Å². The summed E-state index contributed by atoms with van der Waals surface area (Å²) < 4.78 is 10.7. The Morgan fingerprint density at radius 2 is 1.90 bits per heavy atom. The average Bonchev–Trinajstić information content (AvgIpc) is 2.83. The third-order valence-corrected chi connectivity index (χ3v) is 3.58. The second-order valence-electron chi connectivity index (χ2n) is 4.93. The molecule has 2 aromatic rings. The SMILES string of the molecule is CC(C)CNCc1coc(Oc2cc(Cl)c(Cl)cc2Cl)n1. The summed E-state index contributed by atoms with van der Waals surface area (Å²) in [5.74, 6) is 0.914. The number of ether oxygens (including phenoxy) is 1. The van der Waals surface area contributed by atoms with Crippen LogP contribution in [0.5, 0.6) is 11.8 Å². The molecule has 1 heterocycles. The van der Waals surface area contributed by atoms with Crippen LogP contribution in [0.2, 0.25) is 15.1 Å². The predicted molar refractivity (Wildman–Crippen MR) is 84.6 cm³/mol. The molecule has 0 unspecified atom stereocenters. The van der Waals surface area contributed by atoms with Gasteiger partial charge in [0.1, 0.15) is 6.26 Å². The number of oxazole rings is 1. The molecule has 0 saturated heterocycles. The van der Waals surface area contributed by atoms with Gasteiger partial charge in [-0.15, -0.1) is 0 Å². The molecule has 0 amide bonds. The third-order valence-electron chi connectivity index (χ3n) is 2.56. The quantitative estimate of drug-likeness (QED) is 0.731. The molecular formula is C14H15Cl3N2O2. The molecule has 0 fully saturated rings. The molecular weight excluding hydrogens is 335 g/mol. The van der Waals surface area contributed by atoms with E-state index < -0.39 is 0 Å². The largest absolute Gasteiger partial charge is 0.417 e. The lowest BCUT2D eigenvalue weighted by molar-refractivity contribution is 0.331. The summed E-state index contributed by atoms with van der Waals surface area (Å²) in [6, 6.07) is 3.03. The molecule has 114 valence electrons. The fourth-order valence-corrected chi connectivity index (χ4v) is 2.16. The highest BCUT2D eigenvalue weighted by molar-refractivity contribution is 6.43. The second kappa shape index (κ2) is 7.36. The summed E-state index contributed by atoms with van der Waals surface area (Å²) in [7, 11) is 0. The van der Waals surface area contributed by atoms with Crippen molar-refractivity contribution in [3.05, 3.63) is 39.2 Å². The van der Waals surface area contributed by atoms with E-state index in [1.807, 2.05) is 0 Å². The molecule has 0 aliphatic carbocycles. The molecule has 1 aromatic heterocycles. The standard InChI is InChI=1S/C14H15Cl3N2O2/c1-8(2)5-18-6-9-7-20-14(19-9)21-13-4-11(16)10(15)3-12(13)17/h3-4,7-8,18H,5-6H2,1-2H3. The van der Waals surface area contributed by atoms with E-state index in [1.165, 1.54) is 18.4 Å². The zero-order chi connectivity index (χ0) is 15.4. The zero-order valence-corrected chi connectivity index (χ0v) is 13.9. The van der Waals surface area contributed by atoms with Gasteiger partial charge in [0.25, 0.3) is 0 Å². The number of benzene rings is 1. The molecule has 21 heavy (non-hydrogen) atoms. The van der Waals surface area contributed by atoms with Crippen LogP contribution in [0.15, 0.2) is 22.8 Å². The van der Waals surface area contributed by atoms with E-state index in [1.54, 1.807) is 0 Å². The highest BCUT2D eigenvalue weighted by Crippen LogP contribution is 2.36. The van der Waals surface area contributed by atoms with Gasteiger partial charge in [0.05, 0.1) is 20.8 Å². The summed E-state index contributed by atoms with van der Waals surface area (Å²) in [6.07, 6.45) is 1.64. The molecule has 7 heteroatoms. The van der Waals surface area contributed by atoms with Crippen molar-refractivity contribution in [2.45, 2.75) is 20.4 Å². The number of aromatic nitrogens is 1. The van der Waals surface area contributed by atoms with E-state index in [0.29, 0.717) is 33.3 Å². The van der Waals surface area contributed by atoms with Gasteiger partial charge in [0, 0.05) is 12.6 Å². The normalized spacial score (nSPS) is 11.1. The second-order valence-corrected chi connectivity index (χ2v) is 6.15. The number of nitrogens with zero attached hydrogens (tertiary/aromatic N) is 1. The van der Waals surface area contributed by atoms with Crippen LogP contribution in [0.4, 0.5) is 0 Å². The Labute approximate surface area is 138 Å². The van der Waals surface area contributed by atoms with Crippen LogP contribution < -0.4 is 10.1 Å². The molecule has 4 nitrogen and oxygen atoms in total. The van der Waals surface area contributed by atoms with Crippen LogP contribution in [0, 0.1) is 5.92 Å². The van der Waals surface area contributed by atoms with Gasteiger partial charge in [-0.1, -0.05) is 48.7 Å². The first-order valence-corrected chi connectivity index (χ1v) is 7.56. The maximum atomic E-state index is 6.03. The Balaban J connectivity index is 2.01. The lowest BCUT2D eigenvalue weighted by atomic mass is 10.2. The van der Waals surface area contributed by atoms with Crippen molar-refractivity contribution in [2.75, 3.05) is 6.54 Å². The summed E-state index contributed by atoms with van der Waals surface area (Å²) in [5.41, 5.74) is 0.752. The molecule has 0 radical (unpaired) electrons. The van der Waals surface area contributed by atoms with Crippen molar-refractivity contribution in [3.63, 3.8) is 0 Å². The van der Waals surface area contributed by atoms with Crippen molar-refractivity contribution in [2.24, 2.45) is 5.92 Å². The summed E-state index contributed by atoms with van der Waals surface area (Å²) >= 11 is 17.8. The summed E-state index contributed by atoms with van der Waals surface area (Å²) in [5, 5.41) is 4.31. The van der Waals surface area contributed by atoms with Gasteiger partial charge in [0.15, 0.2) is 5.75 Å². The number of hydrogen-bond acceptors (Lipinski definition) is 4. The van der Waals surface area contributed by atoms with Crippen LogP contribution in [-0.2, 0) is 6.54 Å². The minimum absolute atomic E-state index is 0.108. The lowest BCUT2D eigenvalue weighted by Gasteiger charge is -2.05. The Morgan fingerprint density at radius 1 is 1.19 bits per heavy atom.